The van der Waals surface area contributed by atoms with Gasteiger partial charge in [-0.25, -0.2) is 8.42 Å². The van der Waals surface area contributed by atoms with Gasteiger partial charge in [0.2, 0.25) is 10.0 Å². The monoisotopic (exact) mass is 409 g/mol. The first-order valence-corrected chi connectivity index (χ1v) is 10.6. The van der Waals surface area contributed by atoms with Crippen molar-refractivity contribution in [3.63, 3.8) is 0 Å². The normalized spacial score (nSPS) is 17.9. The Morgan fingerprint density at radius 2 is 1.66 bits per heavy atom. The van der Waals surface area contributed by atoms with Gasteiger partial charge in [-0.05, 0) is 34.9 Å². The summed E-state index contributed by atoms with van der Waals surface area (Å²) >= 11 is 0. The summed E-state index contributed by atoms with van der Waals surface area (Å²) in [6.45, 7) is 1.03. The van der Waals surface area contributed by atoms with Gasteiger partial charge in [0.25, 0.3) is 5.91 Å². The van der Waals surface area contributed by atoms with Gasteiger partial charge in [0, 0.05) is 26.2 Å². The van der Waals surface area contributed by atoms with Crippen LogP contribution in [0.15, 0.2) is 70.6 Å². The Hall–Kier alpha value is -2.99. The highest BCUT2D eigenvalue weighted by Crippen LogP contribution is 2.31. The molecular weight excluding hydrogens is 390 g/mol. The average molecular weight is 409 g/mol. The van der Waals surface area contributed by atoms with Crippen LogP contribution in [0.1, 0.15) is 17.2 Å². The van der Waals surface area contributed by atoms with Crippen LogP contribution in [0.5, 0.6) is 0 Å². The molecule has 8 heteroatoms. The lowest BCUT2D eigenvalue weighted by molar-refractivity contribution is -0.139. The molecule has 0 radical (unpaired) electrons. The summed E-state index contributed by atoms with van der Waals surface area (Å²) in [5.74, 6) is -0.387. The van der Waals surface area contributed by atoms with Crippen LogP contribution in [0.3, 0.4) is 0 Å². The van der Waals surface area contributed by atoms with E-state index in [1.165, 1.54) is 16.4 Å². The van der Waals surface area contributed by atoms with E-state index >= 15 is 0 Å². The summed E-state index contributed by atoms with van der Waals surface area (Å²) in [5.41, 5.74) is 2.60. The van der Waals surface area contributed by atoms with E-state index < -0.39 is 16.1 Å². The number of sulfonamides is 1. The average Bonchev–Trinajstić information content (AvgIpc) is 3.33. The van der Waals surface area contributed by atoms with Crippen molar-refractivity contribution in [2.24, 2.45) is 0 Å². The number of carbonyl (C=O) groups is 1. The Balaban J connectivity index is 1.44. The Kier molecular flexibility index (Phi) is 4.96. The van der Waals surface area contributed by atoms with Crippen molar-refractivity contribution in [3.05, 3.63) is 76.9 Å². The molecule has 7 nitrogen and oxygen atoms in total. The van der Waals surface area contributed by atoms with Crippen LogP contribution in [-0.2, 0) is 14.8 Å². The van der Waals surface area contributed by atoms with Crippen LogP contribution < -0.4 is 0 Å². The quantitative estimate of drug-likeness (QED) is 0.770. The molecule has 2 aromatic carbocycles. The van der Waals surface area contributed by atoms with Crippen molar-refractivity contribution in [3.8, 4) is 6.07 Å². The highest BCUT2D eigenvalue weighted by atomic mass is 32.2. The number of amides is 1. The minimum absolute atomic E-state index is 0.0881. The highest BCUT2D eigenvalue weighted by molar-refractivity contribution is 7.89. The Morgan fingerprint density at radius 3 is 2.28 bits per heavy atom. The second kappa shape index (κ2) is 7.44. The molecule has 148 valence electrons. The first-order chi connectivity index (χ1) is 13.9. The number of nitrogens with zero attached hydrogens (tertiary/aromatic N) is 3. The zero-order valence-corrected chi connectivity index (χ0v) is 16.3. The van der Waals surface area contributed by atoms with E-state index in [9.17, 15) is 18.3 Å². The van der Waals surface area contributed by atoms with E-state index in [1.807, 2.05) is 12.1 Å². The smallest absolute Gasteiger partial charge is 0.256 e. The van der Waals surface area contributed by atoms with Gasteiger partial charge in [0.05, 0.1) is 16.5 Å². The first kappa shape index (κ1) is 19.3. The largest absolute Gasteiger partial charge is 0.378 e. The topological polar surface area (TPSA) is 102 Å². The number of benzene rings is 2. The Labute approximate surface area is 169 Å². The van der Waals surface area contributed by atoms with Crippen molar-refractivity contribution < 1.29 is 18.3 Å². The third-order valence-electron chi connectivity index (χ3n) is 5.26. The van der Waals surface area contributed by atoms with Crippen molar-refractivity contribution in [2.45, 2.75) is 11.0 Å². The molecule has 2 aromatic rings. The van der Waals surface area contributed by atoms with Crippen molar-refractivity contribution in [2.75, 3.05) is 26.2 Å². The van der Waals surface area contributed by atoms with E-state index in [0.29, 0.717) is 18.7 Å². The molecule has 4 rings (SSSR count). The number of nitriles is 1. The predicted molar refractivity (Wildman–Crippen MR) is 105 cm³/mol. The molecule has 1 N–H and O–H groups in total. The Morgan fingerprint density at radius 1 is 1.00 bits per heavy atom. The minimum atomic E-state index is -3.72. The van der Waals surface area contributed by atoms with Gasteiger partial charge in [-0.1, -0.05) is 36.4 Å². The molecule has 1 atom stereocenters. The summed E-state index contributed by atoms with van der Waals surface area (Å²) < 4.78 is 27.2. The maximum atomic E-state index is 12.9. The standard InChI is InChI=1S/C21H19N3O4S/c22-10-15-5-4-8-19(9-15)29(27,28)24-13-17-11-23(12-18(17)14-24)21(26)20(25)16-6-2-1-3-7-16/h1-9,20,25H,11-14H2. The van der Waals surface area contributed by atoms with Crippen LogP contribution in [-0.4, -0.2) is 54.8 Å². The van der Waals surface area contributed by atoms with Gasteiger partial charge in [-0.2, -0.15) is 9.57 Å². The SMILES string of the molecule is N#Cc1cccc(S(=O)(=O)N2CC3=C(CN(C(=O)C(O)c4ccccc4)C3)C2)c1. The predicted octanol–water partition coefficient (Wildman–Crippen LogP) is 1.43. The maximum absolute atomic E-state index is 12.9. The van der Waals surface area contributed by atoms with Crippen LogP contribution in [0.2, 0.25) is 0 Å². The third-order valence-corrected chi connectivity index (χ3v) is 7.05. The third kappa shape index (κ3) is 3.56. The summed E-state index contributed by atoms with van der Waals surface area (Å²) in [5, 5.41) is 19.4. The fourth-order valence-corrected chi connectivity index (χ4v) is 5.17. The molecule has 2 heterocycles. The van der Waals surface area contributed by atoms with Gasteiger partial charge in [0.15, 0.2) is 6.10 Å². The maximum Gasteiger partial charge on any atom is 0.256 e. The van der Waals surface area contributed by atoms with Crippen LogP contribution in [0.25, 0.3) is 0 Å². The molecule has 2 aliphatic rings. The number of hydrogen-bond acceptors (Lipinski definition) is 5. The van der Waals surface area contributed by atoms with Gasteiger partial charge in [-0.15, -0.1) is 0 Å². The number of carbonyl (C=O) groups excluding carboxylic acids is 1. The zero-order valence-electron chi connectivity index (χ0n) is 15.5. The lowest BCUT2D eigenvalue weighted by Crippen LogP contribution is -2.38. The fourth-order valence-electron chi connectivity index (χ4n) is 3.70. The molecule has 29 heavy (non-hydrogen) atoms. The van der Waals surface area contributed by atoms with Gasteiger partial charge < -0.3 is 10.0 Å². The van der Waals surface area contributed by atoms with E-state index in [4.69, 9.17) is 5.26 Å². The molecule has 2 aliphatic heterocycles. The number of hydrogen-bond donors (Lipinski definition) is 1. The van der Waals surface area contributed by atoms with Gasteiger partial charge >= 0.3 is 0 Å². The van der Waals surface area contributed by atoms with E-state index in [2.05, 4.69) is 0 Å². The summed E-state index contributed by atoms with van der Waals surface area (Å²) in [4.78, 5) is 14.3. The second-order valence-electron chi connectivity index (χ2n) is 7.13. The van der Waals surface area contributed by atoms with E-state index in [1.54, 1.807) is 41.3 Å². The molecule has 0 saturated heterocycles. The van der Waals surface area contributed by atoms with Crippen LogP contribution in [0, 0.1) is 11.3 Å². The molecule has 1 unspecified atom stereocenters. The number of aliphatic hydroxyl groups excluding tert-OH is 1. The lowest BCUT2D eigenvalue weighted by atomic mass is 10.1. The van der Waals surface area contributed by atoms with Crippen molar-refractivity contribution in [1.29, 1.82) is 5.26 Å². The second-order valence-corrected chi connectivity index (χ2v) is 9.07. The molecule has 0 aromatic heterocycles. The molecular formula is C21H19N3O4S. The lowest BCUT2D eigenvalue weighted by Gasteiger charge is -2.24. The van der Waals surface area contributed by atoms with E-state index in [-0.39, 0.29) is 29.5 Å². The number of aliphatic hydroxyl groups is 1. The highest BCUT2D eigenvalue weighted by Gasteiger charge is 2.38. The molecule has 1 amide bonds. The zero-order chi connectivity index (χ0) is 20.6. The Bertz CT molecular complexity index is 1120. The van der Waals surface area contributed by atoms with Crippen LogP contribution >= 0.6 is 0 Å². The molecule has 0 saturated carbocycles. The summed E-state index contributed by atoms with van der Waals surface area (Å²) in [6, 6.07) is 16.6. The summed E-state index contributed by atoms with van der Waals surface area (Å²) in [6.07, 6.45) is -1.23. The first-order valence-electron chi connectivity index (χ1n) is 9.12. The van der Waals surface area contributed by atoms with Gasteiger partial charge in [0.1, 0.15) is 0 Å². The molecule has 0 fully saturated rings. The summed E-state index contributed by atoms with van der Waals surface area (Å²) in [7, 11) is -3.72. The van der Waals surface area contributed by atoms with Gasteiger partial charge in [-0.3, -0.25) is 4.79 Å². The van der Waals surface area contributed by atoms with E-state index in [0.717, 1.165) is 11.1 Å². The van der Waals surface area contributed by atoms with Crippen LogP contribution in [0.4, 0.5) is 0 Å². The molecule has 0 spiro atoms. The molecule has 0 bridgehead atoms. The molecule has 0 aliphatic carbocycles. The fraction of sp³-hybridized carbons (Fsp3) is 0.238. The van der Waals surface area contributed by atoms with Crippen molar-refractivity contribution >= 4 is 15.9 Å². The minimum Gasteiger partial charge on any atom is -0.378 e. The van der Waals surface area contributed by atoms with Crippen molar-refractivity contribution in [1.82, 2.24) is 9.21 Å². The number of rotatable bonds is 4.